The maximum atomic E-state index is 12.4. The number of halogens is 1. The van der Waals surface area contributed by atoms with E-state index < -0.39 is 10.8 Å². The van der Waals surface area contributed by atoms with Gasteiger partial charge in [0, 0.05) is 29.1 Å². The lowest BCUT2D eigenvalue weighted by molar-refractivity contribution is -0.385. The average molecular weight is 387 g/mol. The molecule has 1 aliphatic rings. The fraction of sp³-hybridized carbons (Fsp3) is 0.167. The second kappa shape index (κ2) is 7.55. The quantitative estimate of drug-likeness (QED) is 0.619. The van der Waals surface area contributed by atoms with Gasteiger partial charge in [-0.1, -0.05) is 30.7 Å². The van der Waals surface area contributed by atoms with Crippen LogP contribution in [0.4, 0.5) is 11.4 Å². The van der Waals surface area contributed by atoms with Gasteiger partial charge in [0.05, 0.1) is 10.6 Å². The molecule has 8 nitrogen and oxygen atoms in total. The maximum Gasteiger partial charge on any atom is 0.282 e. The molecule has 1 atom stereocenters. The van der Waals surface area contributed by atoms with Crippen LogP contribution in [0.2, 0.25) is 5.02 Å². The Morgan fingerprint density at radius 3 is 2.63 bits per heavy atom. The summed E-state index contributed by atoms with van der Waals surface area (Å²) in [6.45, 7) is 1.91. The van der Waals surface area contributed by atoms with Crippen LogP contribution in [0.15, 0.2) is 47.6 Å². The predicted octanol–water partition coefficient (Wildman–Crippen LogP) is 3.36. The summed E-state index contributed by atoms with van der Waals surface area (Å²) in [5.41, 5.74) is 4.04. The van der Waals surface area contributed by atoms with Gasteiger partial charge in [-0.2, -0.15) is 5.10 Å². The fourth-order valence-electron chi connectivity index (χ4n) is 2.77. The van der Waals surface area contributed by atoms with Gasteiger partial charge in [-0.25, -0.2) is 5.43 Å². The van der Waals surface area contributed by atoms with Crippen LogP contribution in [0.3, 0.4) is 0 Å². The number of nitro benzene ring substituents is 1. The second-order valence-corrected chi connectivity index (χ2v) is 6.52. The number of hydrogen-bond donors (Lipinski definition) is 2. The summed E-state index contributed by atoms with van der Waals surface area (Å²) in [7, 11) is 0. The van der Waals surface area contributed by atoms with Crippen LogP contribution in [0.5, 0.6) is 0 Å². The number of hydrazone groups is 1. The fourth-order valence-corrected chi connectivity index (χ4v) is 2.95. The largest absolute Gasteiger partial charge is 0.322 e. The Morgan fingerprint density at radius 1 is 1.30 bits per heavy atom. The van der Waals surface area contributed by atoms with Gasteiger partial charge in [0.2, 0.25) is 5.91 Å². The molecule has 0 aliphatic carbocycles. The molecule has 2 amide bonds. The normalized spacial score (nSPS) is 16.3. The maximum absolute atomic E-state index is 12.4. The van der Waals surface area contributed by atoms with Crippen molar-refractivity contribution in [2.24, 2.45) is 11.0 Å². The van der Waals surface area contributed by atoms with Crippen LogP contribution >= 0.6 is 11.6 Å². The van der Waals surface area contributed by atoms with Crippen LogP contribution in [0.25, 0.3) is 0 Å². The highest BCUT2D eigenvalue weighted by Crippen LogP contribution is 2.24. The molecule has 2 aromatic rings. The van der Waals surface area contributed by atoms with E-state index in [4.69, 9.17) is 11.6 Å². The monoisotopic (exact) mass is 386 g/mol. The first-order valence-corrected chi connectivity index (χ1v) is 8.45. The van der Waals surface area contributed by atoms with Crippen molar-refractivity contribution in [3.05, 3.63) is 68.7 Å². The van der Waals surface area contributed by atoms with E-state index in [0.29, 0.717) is 12.1 Å². The average Bonchev–Trinajstić information content (AvgIpc) is 2.62. The summed E-state index contributed by atoms with van der Waals surface area (Å²) in [4.78, 5) is 34.2. The molecule has 0 saturated heterocycles. The van der Waals surface area contributed by atoms with E-state index in [1.165, 1.54) is 18.2 Å². The zero-order valence-electron chi connectivity index (χ0n) is 14.2. The van der Waals surface area contributed by atoms with Gasteiger partial charge >= 0.3 is 0 Å². The van der Waals surface area contributed by atoms with E-state index in [1.54, 1.807) is 24.3 Å². The molecule has 0 radical (unpaired) electrons. The van der Waals surface area contributed by atoms with Crippen molar-refractivity contribution >= 4 is 40.5 Å². The number of rotatable bonds is 4. The number of amides is 2. The van der Waals surface area contributed by atoms with Crippen molar-refractivity contribution < 1.29 is 14.5 Å². The standard InChI is InChI=1S/C18H15ClN4O4/c1-10-8-16(24)21-22-17(10)11-2-5-13(6-3-11)20-18(25)14-9-12(19)4-7-15(14)23(26)27/h2-7,9-10H,8H2,1H3,(H,20,25)(H,21,24). The molecular weight excluding hydrogens is 372 g/mol. The first-order chi connectivity index (χ1) is 12.8. The van der Waals surface area contributed by atoms with E-state index in [-0.39, 0.29) is 28.1 Å². The molecule has 3 rings (SSSR count). The van der Waals surface area contributed by atoms with Crippen LogP contribution in [-0.4, -0.2) is 22.4 Å². The van der Waals surface area contributed by atoms with E-state index in [1.807, 2.05) is 6.92 Å². The Kier molecular flexibility index (Phi) is 5.18. The van der Waals surface area contributed by atoms with Gasteiger partial charge in [-0.05, 0) is 29.8 Å². The number of nitrogens with zero attached hydrogens (tertiary/aromatic N) is 2. The van der Waals surface area contributed by atoms with Crippen molar-refractivity contribution in [2.45, 2.75) is 13.3 Å². The molecule has 0 aromatic heterocycles. The highest BCUT2D eigenvalue weighted by molar-refractivity contribution is 6.31. The molecule has 1 heterocycles. The van der Waals surface area contributed by atoms with E-state index >= 15 is 0 Å². The van der Waals surface area contributed by atoms with Gasteiger partial charge < -0.3 is 5.32 Å². The van der Waals surface area contributed by atoms with Crippen molar-refractivity contribution in [3.63, 3.8) is 0 Å². The molecule has 2 aromatic carbocycles. The number of hydrogen-bond acceptors (Lipinski definition) is 5. The molecule has 0 fully saturated rings. The zero-order valence-corrected chi connectivity index (χ0v) is 15.0. The van der Waals surface area contributed by atoms with E-state index in [9.17, 15) is 19.7 Å². The summed E-state index contributed by atoms with van der Waals surface area (Å²) >= 11 is 5.85. The number of nitro groups is 1. The summed E-state index contributed by atoms with van der Waals surface area (Å²) in [6, 6.07) is 10.6. The third-order valence-electron chi connectivity index (χ3n) is 4.10. The van der Waals surface area contributed by atoms with Gasteiger partial charge in [0.15, 0.2) is 0 Å². The minimum absolute atomic E-state index is 0.0201. The Bertz CT molecular complexity index is 956. The Balaban J connectivity index is 1.79. The molecule has 138 valence electrons. The summed E-state index contributed by atoms with van der Waals surface area (Å²) < 4.78 is 0. The first kappa shape index (κ1) is 18.5. The Morgan fingerprint density at radius 2 is 2.00 bits per heavy atom. The number of carbonyl (C=O) groups excluding carboxylic acids is 2. The molecule has 0 bridgehead atoms. The molecular formula is C18H15ClN4O4. The highest BCUT2D eigenvalue weighted by Gasteiger charge is 2.22. The summed E-state index contributed by atoms with van der Waals surface area (Å²) in [5.74, 6) is -0.779. The van der Waals surface area contributed by atoms with E-state index in [0.717, 1.165) is 11.3 Å². The number of benzene rings is 2. The van der Waals surface area contributed by atoms with Crippen LogP contribution < -0.4 is 10.7 Å². The number of carbonyl (C=O) groups is 2. The van der Waals surface area contributed by atoms with Gasteiger partial charge in [0.25, 0.3) is 11.6 Å². The minimum atomic E-state index is -0.634. The zero-order chi connectivity index (χ0) is 19.6. The lowest BCUT2D eigenvalue weighted by Gasteiger charge is -2.19. The molecule has 0 spiro atoms. The molecule has 9 heteroatoms. The molecule has 1 unspecified atom stereocenters. The SMILES string of the molecule is CC1CC(=O)NN=C1c1ccc(NC(=O)c2cc(Cl)ccc2[N+](=O)[O-])cc1. The summed E-state index contributed by atoms with van der Waals surface area (Å²) in [5, 5.41) is 18.0. The molecule has 2 N–H and O–H groups in total. The van der Waals surface area contributed by atoms with Crippen molar-refractivity contribution in [1.29, 1.82) is 0 Å². The van der Waals surface area contributed by atoms with E-state index in [2.05, 4.69) is 15.8 Å². The van der Waals surface area contributed by atoms with Crippen LogP contribution in [-0.2, 0) is 4.79 Å². The Labute approximate surface area is 159 Å². The lowest BCUT2D eigenvalue weighted by Crippen LogP contribution is -2.31. The van der Waals surface area contributed by atoms with Crippen LogP contribution in [0, 0.1) is 16.0 Å². The molecule has 27 heavy (non-hydrogen) atoms. The van der Waals surface area contributed by atoms with Crippen molar-refractivity contribution in [2.75, 3.05) is 5.32 Å². The second-order valence-electron chi connectivity index (χ2n) is 6.09. The van der Waals surface area contributed by atoms with Crippen molar-refractivity contribution in [3.8, 4) is 0 Å². The first-order valence-electron chi connectivity index (χ1n) is 8.07. The minimum Gasteiger partial charge on any atom is -0.322 e. The number of anilines is 1. The topological polar surface area (TPSA) is 114 Å². The smallest absolute Gasteiger partial charge is 0.282 e. The third kappa shape index (κ3) is 4.12. The van der Waals surface area contributed by atoms with Gasteiger partial charge in [-0.3, -0.25) is 19.7 Å². The highest BCUT2D eigenvalue weighted by atomic mass is 35.5. The van der Waals surface area contributed by atoms with Crippen molar-refractivity contribution in [1.82, 2.24) is 5.43 Å². The lowest BCUT2D eigenvalue weighted by atomic mass is 9.94. The third-order valence-corrected chi connectivity index (χ3v) is 4.33. The number of nitrogens with one attached hydrogen (secondary N) is 2. The van der Waals surface area contributed by atoms with Gasteiger partial charge in [-0.15, -0.1) is 0 Å². The predicted molar refractivity (Wildman–Crippen MR) is 101 cm³/mol. The Hall–Kier alpha value is -3.26. The summed E-state index contributed by atoms with van der Waals surface area (Å²) in [6.07, 6.45) is 0.357. The molecule has 0 saturated carbocycles. The molecule has 1 aliphatic heterocycles. The van der Waals surface area contributed by atoms with Crippen LogP contribution in [0.1, 0.15) is 29.3 Å². The van der Waals surface area contributed by atoms with Gasteiger partial charge in [0.1, 0.15) is 5.56 Å².